The lowest BCUT2D eigenvalue weighted by Crippen LogP contribution is -2.27. The van der Waals surface area contributed by atoms with E-state index in [1.807, 2.05) is 11.3 Å². The van der Waals surface area contributed by atoms with E-state index in [9.17, 15) is 0 Å². The number of hydrogen-bond donors (Lipinski definition) is 0. The zero-order valence-electron chi connectivity index (χ0n) is 43.7. The largest absolute Gasteiger partial charge is 0.308 e. The second-order valence-electron chi connectivity index (χ2n) is 23.9. The highest BCUT2D eigenvalue weighted by molar-refractivity contribution is 7.26. The van der Waals surface area contributed by atoms with E-state index in [-0.39, 0.29) is 10.8 Å². The lowest BCUT2D eigenvalue weighted by Gasteiger charge is -2.34. The molecule has 2 spiro atoms. The topological polar surface area (TPSA) is 3.24 Å². The van der Waals surface area contributed by atoms with Gasteiger partial charge in [-0.3, -0.25) is 0 Å². The summed E-state index contributed by atoms with van der Waals surface area (Å²) >= 11 is 1.92. The first kappa shape index (κ1) is 44.0. The number of benzene rings is 11. The van der Waals surface area contributed by atoms with Gasteiger partial charge in [0.25, 0.3) is 0 Å². The Hall–Kier alpha value is -8.30. The first-order chi connectivity index (χ1) is 37.0. The first-order valence-corrected chi connectivity index (χ1v) is 27.9. The quantitative estimate of drug-likeness (QED) is 0.171. The van der Waals surface area contributed by atoms with E-state index in [2.05, 4.69) is 271 Å². The van der Waals surface area contributed by atoms with E-state index in [0.717, 1.165) is 0 Å². The zero-order chi connectivity index (χ0) is 51.0. The van der Waals surface area contributed by atoms with E-state index < -0.39 is 10.8 Å². The highest BCUT2D eigenvalue weighted by Crippen LogP contribution is 2.68. The number of hydrogen-bond acceptors (Lipinski definition) is 2. The summed E-state index contributed by atoms with van der Waals surface area (Å²) < 4.78 is 2.58. The Labute approximate surface area is 449 Å². The molecule has 362 valence electrons. The lowest BCUT2D eigenvalue weighted by atomic mass is 9.69. The summed E-state index contributed by atoms with van der Waals surface area (Å²) in [7, 11) is 0. The third-order valence-corrected chi connectivity index (χ3v) is 19.2. The molecule has 1 aromatic heterocycles. The number of rotatable bonds is 3. The van der Waals surface area contributed by atoms with E-state index in [1.54, 1.807) is 0 Å². The highest BCUT2D eigenvalue weighted by atomic mass is 32.1. The summed E-state index contributed by atoms with van der Waals surface area (Å²) in [5.41, 5.74) is 26.3. The summed E-state index contributed by atoms with van der Waals surface area (Å²) in [5.74, 6) is 0. The Morgan fingerprint density at radius 1 is 0.329 bits per heavy atom. The number of nitrogens with zero attached hydrogens (tertiary/aromatic N) is 1. The number of thiophene rings is 1. The van der Waals surface area contributed by atoms with Crippen LogP contribution in [0.15, 0.2) is 224 Å². The number of anilines is 3. The molecular weight excluding hydrogens is 935 g/mol. The second-order valence-corrected chi connectivity index (χ2v) is 24.9. The van der Waals surface area contributed by atoms with Gasteiger partial charge in [0.2, 0.25) is 0 Å². The molecule has 1 nitrogen and oxygen atoms in total. The van der Waals surface area contributed by atoms with E-state index in [1.165, 1.54) is 148 Å². The Kier molecular flexibility index (Phi) is 8.80. The van der Waals surface area contributed by atoms with Crippen LogP contribution >= 0.6 is 11.3 Å². The SMILES string of the molecule is CC(C)(C)c1ccc2c(c1)C1(c3cc(C(C)(C)C)ccc3-2)c2ccccc2-c2c(N(c3cccc4c3-c3ccccc3C43c4ccccc4-c4ccccc43)c3cc4ccccc4c4c3sc3ccccc34)cccc21. The van der Waals surface area contributed by atoms with Crippen molar-refractivity contribution in [3.63, 3.8) is 0 Å². The van der Waals surface area contributed by atoms with Crippen molar-refractivity contribution in [1.29, 1.82) is 0 Å². The van der Waals surface area contributed by atoms with Crippen molar-refractivity contribution in [3.05, 3.63) is 280 Å². The van der Waals surface area contributed by atoms with Gasteiger partial charge in [-0.25, -0.2) is 0 Å². The molecule has 4 aliphatic rings. The Morgan fingerprint density at radius 2 is 0.737 bits per heavy atom. The molecule has 1 heterocycles. The molecule has 0 fully saturated rings. The standard InChI is InChI=1S/C74H55NS/c1-71(2,3)45-37-39-50-51-40-38-46(72(4,5)6)43-62(51)74(61(50)42-45)58-31-17-12-26-53(58)69-60(74)33-20-35-64(69)75(65-41-44-21-7-8-22-47(44)67-54-27-13-18-36-66(54)76-70(65)67)63-34-19-32-59-68(63)52-25-11-16-30-57(52)73(59)55-28-14-9-23-48(55)49-24-10-15-29-56(49)73/h7-43H,1-6H3. The minimum absolute atomic E-state index is 0.0471. The summed E-state index contributed by atoms with van der Waals surface area (Å²) in [4.78, 5) is 2.72. The molecule has 11 aromatic carbocycles. The van der Waals surface area contributed by atoms with Crippen LogP contribution in [0.3, 0.4) is 0 Å². The van der Waals surface area contributed by atoms with Gasteiger partial charge in [0, 0.05) is 26.6 Å². The van der Waals surface area contributed by atoms with Gasteiger partial charge in [0.1, 0.15) is 0 Å². The highest BCUT2D eigenvalue weighted by Gasteiger charge is 2.55. The van der Waals surface area contributed by atoms with E-state index in [4.69, 9.17) is 0 Å². The van der Waals surface area contributed by atoms with Crippen molar-refractivity contribution in [2.45, 2.75) is 63.2 Å². The summed E-state index contributed by atoms with van der Waals surface area (Å²) in [6.45, 7) is 14.1. The molecule has 0 N–H and O–H groups in total. The molecule has 0 aliphatic heterocycles. The average molecular weight is 990 g/mol. The molecule has 16 rings (SSSR count). The second kappa shape index (κ2) is 15.2. The molecule has 0 atom stereocenters. The van der Waals surface area contributed by atoms with Crippen LogP contribution < -0.4 is 4.90 Å². The Balaban J connectivity index is 1.07. The third-order valence-electron chi connectivity index (χ3n) is 18.0. The van der Waals surface area contributed by atoms with Crippen LogP contribution in [0.1, 0.15) is 97.2 Å². The van der Waals surface area contributed by atoms with Gasteiger partial charge in [-0.1, -0.05) is 242 Å². The Morgan fingerprint density at radius 3 is 1.26 bits per heavy atom. The monoisotopic (exact) mass is 989 g/mol. The van der Waals surface area contributed by atoms with Crippen LogP contribution in [0.5, 0.6) is 0 Å². The Bertz CT molecular complexity index is 4400. The lowest BCUT2D eigenvalue weighted by molar-refractivity contribution is 0.586. The maximum Gasteiger partial charge on any atom is 0.0726 e. The van der Waals surface area contributed by atoms with Crippen LogP contribution in [-0.2, 0) is 21.7 Å². The third kappa shape index (κ3) is 5.50. The van der Waals surface area contributed by atoms with Gasteiger partial charge < -0.3 is 4.90 Å². The molecular formula is C74H55NS. The molecule has 0 saturated carbocycles. The van der Waals surface area contributed by atoms with E-state index in [0.29, 0.717) is 0 Å². The molecule has 2 heteroatoms. The van der Waals surface area contributed by atoms with Crippen molar-refractivity contribution >= 4 is 59.3 Å². The van der Waals surface area contributed by atoms with Gasteiger partial charge in [0.15, 0.2) is 0 Å². The molecule has 0 amide bonds. The maximum atomic E-state index is 2.72. The van der Waals surface area contributed by atoms with Crippen LogP contribution in [0.25, 0.3) is 75.5 Å². The van der Waals surface area contributed by atoms with Gasteiger partial charge in [0.05, 0.1) is 32.6 Å². The van der Waals surface area contributed by atoms with Gasteiger partial charge in [-0.2, -0.15) is 0 Å². The fraction of sp³-hybridized carbons (Fsp3) is 0.135. The minimum atomic E-state index is -0.566. The number of fused-ring (bicyclic) bond motifs is 25. The maximum absolute atomic E-state index is 2.72. The molecule has 0 bridgehead atoms. The van der Waals surface area contributed by atoms with Crippen LogP contribution in [0.2, 0.25) is 0 Å². The molecule has 0 unspecified atom stereocenters. The van der Waals surface area contributed by atoms with Gasteiger partial charge in [-0.05, 0) is 135 Å². The van der Waals surface area contributed by atoms with Gasteiger partial charge in [-0.15, -0.1) is 11.3 Å². The summed E-state index contributed by atoms with van der Waals surface area (Å²) in [5, 5.41) is 5.13. The van der Waals surface area contributed by atoms with Gasteiger partial charge >= 0.3 is 0 Å². The fourth-order valence-electron chi connectivity index (χ4n) is 14.8. The van der Waals surface area contributed by atoms with Crippen LogP contribution in [0.4, 0.5) is 17.1 Å². The molecule has 0 saturated heterocycles. The molecule has 12 aromatic rings. The first-order valence-electron chi connectivity index (χ1n) is 27.1. The van der Waals surface area contributed by atoms with Crippen molar-refractivity contribution < 1.29 is 0 Å². The minimum Gasteiger partial charge on any atom is -0.308 e. The summed E-state index contributed by atoms with van der Waals surface area (Å²) in [6.07, 6.45) is 0. The molecule has 0 radical (unpaired) electrons. The average Bonchev–Trinajstić information content (AvgIpc) is 4.42. The molecule has 4 aliphatic carbocycles. The fourth-order valence-corrected chi connectivity index (χ4v) is 16.0. The van der Waals surface area contributed by atoms with E-state index >= 15 is 0 Å². The van der Waals surface area contributed by atoms with Crippen molar-refractivity contribution in [3.8, 4) is 44.5 Å². The zero-order valence-corrected chi connectivity index (χ0v) is 44.5. The van der Waals surface area contributed by atoms with Crippen LogP contribution in [0, 0.1) is 0 Å². The predicted octanol–water partition coefficient (Wildman–Crippen LogP) is 20.0. The van der Waals surface area contributed by atoms with Crippen molar-refractivity contribution in [1.82, 2.24) is 0 Å². The van der Waals surface area contributed by atoms with Crippen LogP contribution in [-0.4, -0.2) is 0 Å². The van der Waals surface area contributed by atoms with Crippen molar-refractivity contribution in [2.75, 3.05) is 4.90 Å². The summed E-state index contributed by atoms with van der Waals surface area (Å²) in [6, 6.07) is 87.0. The predicted molar refractivity (Wildman–Crippen MR) is 322 cm³/mol. The van der Waals surface area contributed by atoms with Crippen molar-refractivity contribution in [2.24, 2.45) is 0 Å². The molecule has 76 heavy (non-hydrogen) atoms. The normalized spacial score (nSPS) is 14.7. The smallest absolute Gasteiger partial charge is 0.0726 e.